The van der Waals surface area contributed by atoms with E-state index in [1.807, 2.05) is 36.4 Å². The SMILES string of the molecule is OCCCC(c1ccccc1)C(O)CCc1ccccc1. The number of aliphatic hydroxyl groups excluding tert-OH is 2. The molecule has 2 N–H and O–H groups in total. The lowest BCUT2D eigenvalue weighted by atomic mass is 9.86. The second-order valence-corrected chi connectivity index (χ2v) is 5.47. The van der Waals surface area contributed by atoms with Crippen LogP contribution in [0.15, 0.2) is 60.7 Å². The number of benzene rings is 2. The lowest BCUT2D eigenvalue weighted by molar-refractivity contribution is 0.125. The first-order valence-corrected chi connectivity index (χ1v) is 7.69. The fourth-order valence-electron chi connectivity index (χ4n) is 2.75. The van der Waals surface area contributed by atoms with Gasteiger partial charge in [0.1, 0.15) is 0 Å². The molecule has 2 aromatic rings. The van der Waals surface area contributed by atoms with Crippen LogP contribution in [0.3, 0.4) is 0 Å². The van der Waals surface area contributed by atoms with Gasteiger partial charge in [0.15, 0.2) is 0 Å². The van der Waals surface area contributed by atoms with Gasteiger partial charge in [-0.1, -0.05) is 60.7 Å². The summed E-state index contributed by atoms with van der Waals surface area (Å²) < 4.78 is 0. The third-order valence-corrected chi connectivity index (χ3v) is 3.94. The molecule has 0 saturated carbocycles. The number of aryl methyl sites for hydroxylation is 1. The highest BCUT2D eigenvalue weighted by Crippen LogP contribution is 2.27. The minimum Gasteiger partial charge on any atom is -0.396 e. The molecule has 2 rings (SSSR count). The molecule has 112 valence electrons. The summed E-state index contributed by atoms with van der Waals surface area (Å²) in [5.41, 5.74) is 2.41. The van der Waals surface area contributed by atoms with Crippen molar-refractivity contribution in [1.82, 2.24) is 0 Å². The van der Waals surface area contributed by atoms with Crippen LogP contribution in [0.25, 0.3) is 0 Å². The molecule has 2 unspecified atom stereocenters. The van der Waals surface area contributed by atoms with Crippen molar-refractivity contribution >= 4 is 0 Å². The Morgan fingerprint density at radius 2 is 1.43 bits per heavy atom. The average Bonchev–Trinajstić information content (AvgIpc) is 2.55. The Bertz CT molecular complexity index is 495. The topological polar surface area (TPSA) is 40.5 Å². The van der Waals surface area contributed by atoms with Crippen molar-refractivity contribution in [3.63, 3.8) is 0 Å². The van der Waals surface area contributed by atoms with Crippen molar-refractivity contribution in [3.05, 3.63) is 71.8 Å². The van der Waals surface area contributed by atoms with Gasteiger partial charge in [-0.3, -0.25) is 0 Å². The summed E-state index contributed by atoms with van der Waals surface area (Å²) >= 11 is 0. The van der Waals surface area contributed by atoms with Crippen LogP contribution in [-0.4, -0.2) is 22.9 Å². The van der Waals surface area contributed by atoms with Crippen molar-refractivity contribution in [2.24, 2.45) is 0 Å². The van der Waals surface area contributed by atoms with Gasteiger partial charge in [-0.15, -0.1) is 0 Å². The first kappa shape index (κ1) is 15.7. The van der Waals surface area contributed by atoms with Gasteiger partial charge >= 0.3 is 0 Å². The van der Waals surface area contributed by atoms with Gasteiger partial charge in [-0.05, 0) is 36.8 Å². The fourth-order valence-corrected chi connectivity index (χ4v) is 2.75. The minimum atomic E-state index is -0.376. The van der Waals surface area contributed by atoms with Gasteiger partial charge in [0, 0.05) is 12.5 Å². The Morgan fingerprint density at radius 3 is 2.05 bits per heavy atom. The average molecular weight is 284 g/mol. The summed E-state index contributed by atoms with van der Waals surface area (Å²) in [7, 11) is 0. The Balaban J connectivity index is 1.99. The Morgan fingerprint density at radius 1 is 0.810 bits per heavy atom. The van der Waals surface area contributed by atoms with Crippen molar-refractivity contribution in [2.45, 2.75) is 37.7 Å². The van der Waals surface area contributed by atoms with Gasteiger partial charge in [-0.25, -0.2) is 0 Å². The molecule has 2 heteroatoms. The molecule has 0 aliphatic heterocycles. The van der Waals surface area contributed by atoms with E-state index in [2.05, 4.69) is 24.3 Å². The summed E-state index contributed by atoms with van der Waals surface area (Å²) in [6.45, 7) is 0.175. The smallest absolute Gasteiger partial charge is 0.0611 e. The molecule has 2 aromatic carbocycles. The summed E-state index contributed by atoms with van der Waals surface area (Å²) in [6.07, 6.45) is 2.79. The summed E-state index contributed by atoms with van der Waals surface area (Å²) in [4.78, 5) is 0. The van der Waals surface area contributed by atoms with Crippen molar-refractivity contribution in [1.29, 1.82) is 0 Å². The molecule has 0 spiro atoms. The molecular formula is C19H24O2. The van der Waals surface area contributed by atoms with Gasteiger partial charge in [0.2, 0.25) is 0 Å². The lowest BCUT2D eigenvalue weighted by Gasteiger charge is -2.23. The van der Waals surface area contributed by atoms with E-state index in [0.717, 1.165) is 31.2 Å². The maximum Gasteiger partial charge on any atom is 0.0611 e. The molecule has 0 amide bonds. The molecular weight excluding hydrogens is 260 g/mol. The second kappa shape index (κ2) is 8.60. The van der Waals surface area contributed by atoms with Crippen LogP contribution >= 0.6 is 0 Å². The molecule has 0 radical (unpaired) electrons. The second-order valence-electron chi connectivity index (χ2n) is 5.47. The Hall–Kier alpha value is -1.64. The summed E-state index contributed by atoms with van der Waals surface area (Å²) in [5.74, 6) is 0.0991. The van der Waals surface area contributed by atoms with Gasteiger partial charge < -0.3 is 10.2 Å². The van der Waals surface area contributed by atoms with Crippen LogP contribution < -0.4 is 0 Å². The molecule has 21 heavy (non-hydrogen) atoms. The van der Waals surface area contributed by atoms with Gasteiger partial charge in [-0.2, -0.15) is 0 Å². The standard InChI is InChI=1S/C19H24O2/c20-15-7-12-18(17-10-5-2-6-11-17)19(21)14-13-16-8-3-1-4-9-16/h1-6,8-11,18-21H,7,12-15H2. The predicted octanol–water partition coefficient (Wildman–Crippen LogP) is 3.54. The molecule has 0 bridgehead atoms. The van der Waals surface area contributed by atoms with Crippen LogP contribution in [0.5, 0.6) is 0 Å². The van der Waals surface area contributed by atoms with E-state index < -0.39 is 0 Å². The lowest BCUT2D eigenvalue weighted by Crippen LogP contribution is -2.20. The molecule has 2 atom stereocenters. The highest BCUT2D eigenvalue weighted by molar-refractivity contribution is 5.21. The zero-order valence-electron chi connectivity index (χ0n) is 12.4. The molecule has 0 aliphatic carbocycles. The number of aliphatic hydroxyl groups is 2. The van der Waals surface area contributed by atoms with Crippen molar-refractivity contribution < 1.29 is 10.2 Å². The third-order valence-electron chi connectivity index (χ3n) is 3.94. The zero-order valence-corrected chi connectivity index (χ0v) is 12.4. The first-order chi connectivity index (χ1) is 10.3. The number of rotatable bonds is 8. The molecule has 0 aromatic heterocycles. The first-order valence-electron chi connectivity index (χ1n) is 7.69. The van der Waals surface area contributed by atoms with Crippen LogP contribution in [0, 0.1) is 0 Å². The molecule has 0 saturated heterocycles. The van der Waals surface area contributed by atoms with Gasteiger partial charge in [0.25, 0.3) is 0 Å². The highest BCUT2D eigenvalue weighted by atomic mass is 16.3. The Labute approximate surface area is 127 Å². The zero-order chi connectivity index (χ0) is 14.9. The monoisotopic (exact) mass is 284 g/mol. The van der Waals surface area contributed by atoms with E-state index in [0.29, 0.717) is 0 Å². The summed E-state index contributed by atoms with van der Waals surface area (Å²) in [5, 5.41) is 19.6. The molecule has 0 fully saturated rings. The largest absolute Gasteiger partial charge is 0.396 e. The number of hydrogen-bond acceptors (Lipinski definition) is 2. The van der Waals surface area contributed by atoms with Crippen molar-refractivity contribution in [3.8, 4) is 0 Å². The maximum absolute atomic E-state index is 10.6. The predicted molar refractivity (Wildman–Crippen MR) is 86.3 cm³/mol. The third kappa shape index (κ3) is 5.00. The van der Waals surface area contributed by atoms with Crippen molar-refractivity contribution in [2.75, 3.05) is 6.61 Å². The van der Waals surface area contributed by atoms with E-state index in [-0.39, 0.29) is 18.6 Å². The van der Waals surface area contributed by atoms with E-state index in [4.69, 9.17) is 5.11 Å². The fraction of sp³-hybridized carbons (Fsp3) is 0.368. The van der Waals surface area contributed by atoms with Crippen LogP contribution in [0.4, 0.5) is 0 Å². The van der Waals surface area contributed by atoms with Crippen LogP contribution in [-0.2, 0) is 6.42 Å². The normalized spacial score (nSPS) is 13.8. The van der Waals surface area contributed by atoms with Crippen LogP contribution in [0.1, 0.15) is 36.3 Å². The van der Waals surface area contributed by atoms with E-state index >= 15 is 0 Å². The van der Waals surface area contributed by atoms with E-state index in [1.54, 1.807) is 0 Å². The molecule has 2 nitrogen and oxygen atoms in total. The van der Waals surface area contributed by atoms with E-state index in [9.17, 15) is 5.11 Å². The van der Waals surface area contributed by atoms with E-state index in [1.165, 1.54) is 5.56 Å². The van der Waals surface area contributed by atoms with Crippen LogP contribution in [0.2, 0.25) is 0 Å². The molecule has 0 heterocycles. The Kier molecular flexibility index (Phi) is 6.45. The van der Waals surface area contributed by atoms with Gasteiger partial charge in [0.05, 0.1) is 6.10 Å². The highest BCUT2D eigenvalue weighted by Gasteiger charge is 2.20. The quantitative estimate of drug-likeness (QED) is 0.778. The summed E-state index contributed by atoms with van der Waals surface area (Å²) in [6, 6.07) is 20.4. The number of hydrogen-bond donors (Lipinski definition) is 2. The maximum atomic E-state index is 10.6. The minimum absolute atomic E-state index is 0.0991. The molecule has 0 aliphatic rings.